The van der Waals surface area contributed by atoms with Gasteiger partial charge in [0.25, 0.3) is 0 Å². The Morgan fingerprint density at radius 1 is 1.11 bits per heavy atom. The van der Waals surface area contributed by atoms with Crippen LogP contribution in [0.25, 0.3) is 0 Å². The number of unbranched alkanes of at least 4 members (excludes halogenated alkanes) is 1. The Morgan fingerprint density at radius 2 is 1.82 bits per heavy atom. The number of benzene rings is 1. The molecule has 0 saturated heterocycles. The largest absolute Gasteiger partial charge is 0.382 e. The van der Waals surface area contributed by atoms with Gasteiger partial charge in [0.2, 0.25) is 0 Å². The SMILES string of the molecule is CCOCCCCNC(=NC)NCc1ccc(N(C)C2CCCCC2)cc1.I. The summed E-state index contributed by atoms with van der Waals surface area (Å²) < 4.78 is 5.36. The molecule has 2 N–H and O–H groups in total. The van der Waals surface area contributed by atoms with Gasteiger partial charge in [-0.3, -0.25) is 4.99 Å². The highest BCUT2D eigenvalue weighted by atomic mass is 127. The fraction of sp³-hybridized carbons (Fsp3) is 0.682. The van der Waals surface area contributed by atoms with E-state index in [1.54, 1.807) is 0 Å². The van der Waals surface area contributed by atoms with Gasteiger partial charge in [0, 0.05) is 52.1 Å². The van der Waals surface area contributed by atoms with E-state index < -0.39 is 0 Å². The van der Waals surface area contributed by atoms with E-state index in [2.05, 4.69) is 51.8 Å². The molecule has 160 valence electrons. The summed E-state index contributed by atoms with van der Waals surface area (Å²) in [6.07, 6.45) is 8.95. The normalized spacial score (nSPS) is 15.0. The molecule has 1 fully saturated rings. The zero-order valence-electron chi connectivity index (χ0n) is 17.9. The summed E-state index contributed by atoms with van der Waals surface area (Å²) in [5, 5.41) is 6.76. The average molecular weight is 502 g/mol. The van der Waals surface area contributed by atoms with Crippen molar-refractivity contribution in [2.24, 2.45) is 4.99 Å². The second-order valence-electron chi connectivity index (χ2n) is 7.33. The van der Waals surface area contributed by atoms with Crippen LogP contribution in [-0.4, -0.2) is 45.9 Å². The van der Waals surface area contributed by atoms with E-state index in [1.165, 1.54) is 43.4 Å². The second-order valence-corrected chi connectivity index (χ2v) is 7.33. The van der Waals surface area contributed by atoms with Crippen LogP contribution < -0.4 is 15.5 Å². The highest BCUT2D eigenvalue weighted by Gasteiger charge is 2.18. The van der Waals surface area contributed by atoms with Gasteiger partial charge < -0.3 is 20.3 Å². The fourth-order valence-corrected chi connectivity index (χ4v) is 3.61. The van der Waals surface area contributed by atoms with Crippen LogP contribution in [0.5, 0.6) is 0 Å². The monoisotopic (exact) mass is 502 g/mol. The highest BCUT2D eigenvalue weighted by molar-refractivity contribution is 14.0. The summed E-state index contributed by atoms with van der Waals surface area (Å²) in [6, 6.07) is 9.63. The maximum atomic E-state index is 5.36. The lowest BCUT2D eigenvalue weighted by Crippen LogP contribution is -2.37. The maximum absolute atomic E-state index is 5.36. The van der Waals surface area contributed by atoms with Gasteiger partial charge in [-0.1, -0.05) is 31.4 Å². The van der Waals surface area contributed by atoms with Crippen molar-refractivity contribution < 1.29 is 4.74 Å². The molecule has 0 aliphatic heterocycles. The molecule has 1 saturated carbocycles. The molecule has 28 heavy (non-hydrogen) atoms. The summed E-state index contributed by atoms with van der Waals surface area (Å²) in [6.45, 7) is 5.37. The quantitative estimate of drug-likeness (QED) is 0.213. The standard InChI is InChI=1S/C22H38N4O.HI/c1-4-27-17-9-8-16-24-22(23-2)25-18-19-12-14-21(15-13-19)26(3)20-10-6-5-7-11-20;/h12-15,20H,4-11,16-18H2,1-3H3,(H2,23,24,25);1H. The molecule has 1 aliphatic rings. The van der Waals surface area contributed by atoms with Crippen LogP contribution in [0.1, 0.15) is 57.4 Å². The highest BCUT2D eigenvalue weighted by Crippen LogP contribution is 2.26. The molecule has 0 spiro atoms. The van der Waals surface area contributed by atoms with Crippen LogP contribution in [0, 0.1) is 0 Å². The molecular weight excluding hydrogens is 463 g/mol. The molecule has 0 bridgehead atoms. The molecule has 1 aliphatic carbocycles. The predicted molar refractivity (Wildman–Crippen MR) is 131 cm³/mol. The minimum absolute atomic E-state index is 0. The Bertz CT molecular complexity index is 544. The Hall–Kier alpha value is -1.02. The van der Waals surface area contributed by atoms with E-state index in [9.17, 15) is 0 Å². The average Bonchev–Trinajstić information content (AvgIpc) is 2.73. The van der Waals surface area contributed by atoms with Gasteiger partial charge in [-0.15, -0.1) is 24.0 Å². The van der Waals surface area contributed by atoms with Gasteiger partial charge in [0.05, 0.1) is 0 Å². The van der Waals surface area contributed by atoms with Gasteiger partial charge in [-0.05, 0) is 50.3 Å². The van der Waals surface area contributed by atoms with E-state index >= 15 is 0 Å². The summed E-state index contributed by atoms with van der Waals surface area (Å²) in [5.74, 6) is 0.856. The van der Waals surface area contributed by atoms with Crippen molar-refractivity contribution in [3.05, 3.63) is 29.8 Å². The van der Waals surface area contributed by atoms with Crippen molar-refractivity contribution in [3.63, 3.8) is 0 Å². The van der Waals surface area contributed by atoms with Crippen LogP contribution in [0.3, 0.4) is 0 Å². The number of hydrogen-bond donors (Lipinski definition) is 2. The molecule has 1 aromatic rings. The summed E-state index contributed by atoms with van der Waals surface area (Å²) in [7, 11) is 4.05. The lowest BCUT2D eigenvalue weighted by atomic mass is 9.94. The van der Waals surface area contributed by atoms with Crippen molar-refractivity contribution in [1.29, 1.82) is 0 Å². The molecule has 0 unspecified atom stereocenters. The van der Waals surface area contributed by atoms with Crippen LogP contribution in [0.4, 0.5) is 5.69 Å². The number of rotatable bonds is 10. The van der Waals surface area contributed by atoms with Crippen LogP contribution >= 0.6 is 24.0 Å². The van der Waals surface area contributed by atoms with Gasteiger partial charge >= 0.3 is 0 Å². The number of nitrogens with zero attached hydrogens (tertiary/aromatic N) is 2. The smallest absolute Gasteiger partial charge is 0.191 e. The van der Waals surface area contributed by atoms with Gasteiger partial charge in [-0.25, -0.2) is 0 Å². The molecule has 0 aromatic heterocycles. The van der Waals surface area contributed by atoms with E-state index in [4.69, 9.17) is 4.74 Å². The molecule has 1 aromatic carbocycles. The van der Waals surface area contributed by atoms with Crippen molar-refractivity contribution in [1.82, 2.24) is 10.6 Å². The number of aliphatic imine (C=N–C) groups is 1. The first kappa shape index (κ1) is 25.0. The number of nitrogens with one attached hydrogen (secondary N) is 2. The van der Waals surface area contributed by atoms with E-state index in [-0.39, 0.29) is 24.0 Å². The summed E-state index contributed by atoms with van der Waals surface area (Å²) >= 11 is 0. The summed E-state index contributed by atoms with van der Waals surface area (Å²) in [4.78, 5) is 6.76. The Balaban J connectivity index is 0.00000392. The van der Waals surface area contributed by atoms with E-state index in [0.717, 1.165) is 45.1 Å². The number of hydrogen-bond acceptors (Lipinski definition) is 3. The van der Waals surface area contributed by atoms with E-state index in [1.807, 2.05) is 14.0 Å². The molecule has 6 heteroatoms. The first-order valence-electron chi connectivity index (χ1n) is 10.6. The fourth-order valence-electron chi connectivity index (χ4n) is 3.61. The molecular formula is C22H39IN4O. The Kier molecular flexibility index (Phi) is 13.3. The Morgan fingerprint density at radius 3 is 2.46 bits per heavy atom. The summed E-state index contributed by atoms with van der Waals surface area (Å²) in [5.41, 5.74) is 2.59. The third-order valence-corrected chi connectivity index (χ3v) is 5.36. The van der Waals surface area contributed by atoms with Gasteiger partial charge in [0.15, 0.2) is 5.96 Å². The number of anilines is 1. The molecule has 0 heterocycles. The zero-order chi connectivity index (χ0) is 19.3. The van der Waals surface area contributed by atoms with Crippen molar-refractivity contribution >= 4 is 35.6 Å². The molecule has 0 radical (unpaired) electrons. The molecule has 0 amide bonds. The van der Waals surface area contributed by atoms with Gasteiger partial charge in [-0.2, -0.15) is 0 Å². The predicted octanol–water partition coefficient (Wildman–Crippen LogP) is 4.56. The lowest BCUT2D eigenvalue weighted by Gasteiger charge is -2.33. The van der Waals surface area contributed by atoms with Crippen LogP contribution in [-0.2, 0) is 11.3 Å². The van der Waals surface area contributed by atoms with Gasteiger partial charge in [0.1, 0.15) is 0 Å². The molecule has 0 atom stereocenters. The lowest BCUT2D eigenvalue weighted by molar-refractivity contribution is 0.143. The Labute approximate surface area is 188 Å². The minimum Gasteiger partial charge on any atom is -0.382 e. The maximum Gasteiger partial charge on any atom is 0.191 e. The molecule has 2 rings (SSSR count). The second kappa shape index (κ2) is 14.9. The third kappa shape index (κ3) is 8.99. The van der Waals surface area contributed by atoms with Crippen molar-refractivity contribution in [2.45, 2.75) is 64.5 Å². The first-order chi connectivity index (χ1) is 13.2. The van der Waals surface area contributed by atoms with E-state index in [0.29, 0.717) is 6.04 Å². The third-order valence-electron chi connectivity index (χ3n) is 5.36. The van der Waals surface area contributed by atoms with Crippen LogP contribution in [0.15, 0.2) is 29.3 Å². The zero-order valence-corrected chi connectivity index (χ0v) is 20.2. The number of guanidine groups is 1. The molecule has 5 nitrogen and oxygen atoms in total. The van der Waals surface area contributed by atoms with Crippen LogP contribution in [0.2, 0.25) is 0 Å². The first-order valence-corrected chi connectivity index (χ1v) is 10.6. The number of ether oxygens (including phenoxy) is 1. The van der Waals surface area contributed by atoms with Crippen molar-refractivity contribution in [3.8, 4) is 0 Å². The minimum atomic E-state index is 0. The van der Waals surface area contributed by atoms with Crippen molar-refractivity contribution in [2.75, 3.05) is 38.8 Å². The topological polar surface area (TPSA) is 48.9 Å². The number of halogens is 1.